The fourth-order valence-electron chi connectivity index (χ4n) is 0.710. The summed E-state index contributed by atoms with van der Waals surface area (Å²) in [6.07, 6.45) is 0.443. The lowest BCUT2D eigenvalue weighted by Gasteiger charge is -2.12. The van der Waals surface area contributed by atoms with E-state index in [1.54, 1.807) is 6.92 Å². The maximum Gasteiger partial charge on any atom is 0.328 e. The Bertz CT molecular complexity index is 169. The number of esters is 1. The molecule has 70 valence electrons. The largest absolute Gasteiger partial charge is 0.467 e. The van der Waals surface area contributed by atoms with Gasteiger partial charge in [0.25, 0.3) is 0 Å². The number of aliphatic hydroxyl groups is 1. The molecule has 1 atom stereocenters. The first-order valence-electron chi connectivity index (χ1n) is 3.63. The maximum absolute atomic E-state index is 10.9. The van der Waals surface area contributed by atoms with Crippen LogP contribution in [0.1, 0.15) is 13.3 Å². The number of nitrogens with one attached hydrogen (secondary N) is 1. The molecule has 0 saturated carbocycles. The van der Waals surface area contributed by atoms with Gasteiger partial charge >= 0.3 is 5.97 Å². The lowest BCUT2D eigenvalue weighted by Crippen LogP contribution is -2.42. The number of methoxy groups -OCH3 is 1. The van der Waals surface area contributed by atoms with Crippen LogP contribution in [0.3, 0.4) is 0 Å². The van der Waals surface area contributed by atoms with Crippen LogP contribution in [0.25, 0.3) is 0 Å². The molecule has 0 rings (SSSR count). The Labute approximate surface area is 70.7 Å². The van der Waals surface area contributed by atoms with Gasteiger partial charge in [0.2, 0.25) is 5.91 Å². The standard InChI is InChI=1S/C7H13NO4/c1-3-5(7(11)12-2)8-6(10)4-9/h5,9H,3-4H2,1-2H3,(H,8,10)/t5-/m1/s1. The second-order valence-corrected chi connectivity index (χ2v) is 2.21. The van der Waals surface area contributed by atoms with E-state index in [0.717, 1.165) is 0 Å². The molecular weight excluding hydrogens is 162 g/mol. The summed E-state index contributed by atoms with van der Waals surface area (Å²) < 4.78 is 4.41. The van der Waals surface area contributed by atoms with Crippen molar-refractivity contribution in [2.75, 3.05) is 13.7 Å². The van der Waals surface area contributed by atoms with Gasteiger partial charge in [-0.05, 0) is 6.42 Å². The highest BCUT2D eigenvalue weighted by molar-refractivity contribution is 5.84. The van der Waals surface area contributed by atoms with Gasteiger partial charge in [-0.2, -0.15) is 0 Å². The SMILES string of the molecule is CC[C@@H](NC(=O)CO)C(=O)OC. The van der Waals surface area contributed by atoms with Crippen molar-refractivity contribution in [3.63, 3.8) is 0 Å². The number of rotatable bonds is 4. The predicted molar refractivity (Wildman–Crippen MR) is 41.3 cm³/mol. The Hall–Kier alpha value is -1.10. The molecule has 0 aromatic rings. The minimum Gasteiger partial charge on any atom is -0.467 e. The van der Waals surface area contributed by atoms with E-state index in [4.69, 9.17) is 5.11 Å². The highest BCUT2D eigenvalue weighted by Crippen LogP contribution is 1.93. The van der Waals surface area contributed by atoms with Crippen LogP contribution in [0.2, 0.25) is 0 Å². The van der Waals surface area contributed by atoms with Crippen LogP contribution >= 0.6 is 0 Å². The van der Waals surface area contributed by atoms with Crippen LogP contribution < -0.4 is 5.32 Å². The minimum atomic E-state index is -0.658. The van der Waals surface area contributed by atoms with Crippen molar-refractivity contribution < 1.29 is 19.4 Å². The molecule has 12 heavy (non-hydrogen) atoms. The van der Waals surface area contributed by atoms with Gasteiger partial charge in [0.15, 0.2) is 0 Å². The lowest BCUT2D eigenvalue weighted by molar-refractivity contribution is -0.145. The third-order valence-electron chi connectivity index (χ3n) is 1.37. The third kappa shape index (κ3) is 3.34. The summed E-state index contributed by atoms with van der Waals surface area (Å²) in [5, 5.41) is 10.7. The molecule has 0 aliphatic carbocycles. The Balaban J connectivity index is 3.99. The Morgan fingerprint density at radius 2 is 2.17 bits per heavy atom. The fraction of sp³-hybridized carbons (Fsp3) is 0.714. The number of amides is 1. The van der Waals surface area contributed by atoms with E-state index in [2.05, 4.69) is 10.1 Å². The van der Waals surface area contributed by atoms with Gasteiger partial charge in [-0.25, -0.2) is 4.79 Å². The van der Waals surface area contributed by atoms with E-state index in [1.165, 1.54) is 7.11 Å². The molecule has 0 unspecified atom stereocenters. The molecule has 0 saturated heterocycles. The highest BCUT2D eigenvalue weighted by Gasteiger charge is 2.18. The summed E-state index contributed by atoms with van der Waals surface area (Å²) in [6.45, 7) is 1.12. The van der Waals surface area contributed by atoms with Crippen LogP contribution in [0.5, 0.6) is 0 Å². The summed E-state index contributed by atoms with van der Waals surface area (Å²) in [7, 11) is 1.25. The monoisotopic (exact) mass is 175 g/mol. The number of carbonyl (C=O) groups excluding carboxylic acids is 2. The number of ether oxygens (including phenoxy) is 1. The lowest BCUT2D eigenvalue weighted by atomic mass is 10.2. The first kappa shape index (κ1) is 10.9. The Morgan fingerprint density at radius 1 is 1.58 bits per heavy atom. The predicted octanol–water partition coefficient (Wildman–Crippen LogP) is -0.953. The molecule has 0 fully saturated rings. The molecule has 0 aromatic carbocycles. The van der Waals surface area contributed by atoms with Gasteiger partial charge in [-0.3, -0.25) is 4.79 Å². The van der Waals surface area contributed by atoms with Crippen molar-refractivity contribution in [3.8, 4) is 0 Å². The second kappa shape index (κ2) is 5.54. The van der Waals surface area contributed by atoms with Gasteiger partial charge in [0.1, 0.15) is 12.6 Å². The maximum atomic E-state index is 10.9. The topological polar surface area (TPSA) is 75.6 Å². The molecule has 0 aliphatic rings. The van der Waals surface area contributed by atoms with Crippen LogP contribution in [-0.2, 0) is 14.3 Å². The minimum absolute atomic E-state index is 0.443. The average molecular weight is 175 g/mol. The molecular formula is C7H13NO4. The molecule has 0 aliphatic heterocycles. The van der Waals surface area contributed by atoms with Gasteiger partial charge in [0.05, 0.1) is 7.11 Å². The molecule has 0 aromatic heterocycles. The molecule has 2 N–H and O–H groups in total. The van der Waals surface area contributed by atoms with Crippen molar-refractivity contribution in [1.29, 1.82) is 0 Å². The Morgan fingerprint density at radius 3 is 2.50 bits per heavy atom. The van der Waals surface area contributed by atoms with Gasteiger partial charge in [-0.1, -0.05) is 6.92 Å². The van der Waals surface area contributed by atoms with E-state index in [9.17, 15) is 9.59 Å². The van der Waals surface area contributed by atoms with Crippen LogP contribution in [0.4, 0.5) is 0 Å². The van der Waals surface area contributed by atoms with Crippen molar-refractivity contribution >= 4 is 11.9 Å². The van der Waals surface area contributed by atoms with E-state index in [-0.39, 0.29) is 0 Å². The second-order valence-electron chi connectivity index (χ2n) is 2.21. The third-order valence-corrected chi connectivity index (χ3v) is 1.37. The summed E-state index contributed by atoms with van der Waals surface area (Å²) >= 11 is 0. The molecule has 0 spiro atoms. The number of carbonyl (C=O) groups is 2. The van der Waals surface area contributed by atoms with Gasteiger partial charge < -0.3 is 15.2 Å². The smallest absolute Gasteiger partial charge is 0.328 e. The van der Waals surface area contributed by atoms with Crippen molar-refractivity contribution in [1.82, 2.24) is 5.32 Å². The van der Waals surface area contributed by atoms with Gasteiger partial charge in [0, 0.05) is 0 Å². The fourth-order valence-corrected chi connectivity index (χ4v) is 0.710. The quantitative estimate of drug-likeness (QED) is 0.540. The first-order valence-corrected chi connectivity index (χ1v) is 3.63. The van der Waals surface area contributed by atoms with E-state index in [0.29, 0.717) is 6.42 Å². The summed E-state index contributed by atoms with van der Waals surface area (Å²) in [4.78, 5) is 21.5. The molecule has 0 radical (unpaired) electrons. The van der Waals surface area contributed by atoms with E-state index >= 15 is 0 Å². The van der Waals surface area contributed by atoms with Crippen molar-refractivity contribution in [2.45, 2.75) is 19.4 Å². The number of aliphatic hydroxyl groups excluding tert-OH is 1. The van der Waals surface area contributed by atoms with E-state index in [1.807, 2.05) is 0 Å². The summed E-state index contributed by atoms with van der Waals surface area (Å²) in [6, 6.07) is -0.658. The first-order chi connectivity index (χ1) is 5.65. The zero-order valence-electron chi connectivity index (χ0n) is 7.16. The Kier molecular flexibility index (Phi) is 5.03. The highest BCUT2D eigenvalue weighted by atomic mass is 16.5. The van der Waals surface area contributed by atoms with Gasteiger partial charge in [-0.15, -0.1) is 0 Å². The zero-order chi connectivity index (χ0) is 9.56. The average Bonchev–Trinajstić information content (AvgIpc) is 2.12. The summed E-state index contributed by atoms with van der Waals surface area (Å²) in [5.41, 5.74) is 0. The molecule has 1 amide bonds. The van der Waals surface area contributed by atoms with Crippen LogP contribution in [0.15, 0.2) is 0 Å². The molecule has 5 heteroatoms. The zero-order valence-corrected chi connectivity index (χ0v) is 7.16. The normalized spacial score (nSPS) is 11.9. The number of hydrogen-bond donors (Lipinski definition) is 2. The number of hydrogen-bond acceptors (Lipinski definition) is 4. The van der Waals surface area contributed by atoms with E-state index < -0.39 is 24.5 Å². The molecule has 0 heterocycles. The molecule has 5 nitrogen and oxygen atoms in total. The van der Waals surface area contributed by atoms with Crippen molar-refractivity contribution in [3.05, 3.63) is 0 Å². The van der Waals surface area contributed by atoms with Crippen LogP contribution in [0, 0.1) is 0 Å². The van der Waals surface area contributed by atoms with Crippen LogP contribution in [-0.4, -0.2) is 36.7 Å². The van der Waals surface area contributed by atoms with Crippen molar-refractivity contribution in [2.24, 2.45) is 0 Å². The summed E-state index contributed by atoms with van der Waals surface area (Å²) in [5.74, 6) is -1.08. The molecule has 0 bridgehead atoms.